The second-order valence-corrected chi connectivity index (χ2v) is 10.8. The molecule has 0 saturated carbocycles. The molecule has 0 aliphatic heterocycles. The molecule has 0 bridgehead atoms. The highest BCUT2D eigenvalue weighted by Crippen LogP contribution is 2.35. The van der Waals surface area contributed by atoms with E-state index >= 15 is 0 Å². The Hall–Kier alpha value is -5.08. The van der Waals surface area contributed by atoms with Gasteiger partial charge in [0.2, 0.25) is 0 Å². The molecule has 2 aliphatic carbocycles. The monoisotopic (exact) mass is 544 g/mol. The smallest absolute Gasteiger partial charge is 0.0462 e. The zero-order chi connectivity index (χ0) is 28.7. The first-order valence-corrected chi connectivity index (χ1v) is 14.7. The maximum atomic E-state index is 2.33. The summed E-state index contributed by atoms with van der Waals surface area (Å²) in [6, 6.07) is 38.9. The van der Waals surface area contributed by atoms with Crippen LogP contribution in [0, 0.1) is 5.92 Å². The van der Waals surface area contributed by atoms with Crippen molar-refractivity contribution < 1.29 is 0 Å². The lowest BCUT2D eigenvalue weighted by Gasteiger charge is -2.27. The van der Waals surface area contributed by atoms with Crippen molar-refractivity contribution in [1.29, 1.82) is 0 Å². The third kappa shape index (κ3) is 6.14. The van der Waals surface area contributed by atoms with Crippen LogP contribution in [-0.2, 0) is 0 Å². The van der Waals surface area contributed by atoms with Gasteiger partial charge in [-0.05, 0) is 97.1 Å². The number of hydrogen-bond donors (Lipinski definition) is 0. The molecule has 4 aromatic rings. The van der Waals surface area contributed by atoms with Gasteiger partial charge in [0.15, 0.2) is 0 Å². The highest BCUT2D eigenvalue weighted by atomic mass is 15.2. The maximum absolute atomic E-state index is 2.33. The van der Waals surface area contributed by atoms with Gasteiger partial charge >= 0.3 is 0 Å². The fraction of sp³-hybridized carbons (Fsp3) is 0.100. The van der Waals surface area contributed by atoms with Crippen molar-refractivity contribution in [3.05, 3.63) is 181 Å². The first-order chi connectivity index (χ1) is 20.7. The summed E-state index contributed by atoms with van der Waals surface area (Å²) < 4.78 is 0. The summed E-state index contributed by atoms with van der Waals surface area (Å²) in [7, 11) is 0. The summed E-state index contributed by atoms with van der Waals surface area (Å²) in [6.07, 6.45) is 20.8. The highest BCUT2D eigenvalue weighted by molar-refractivity contribution is 5.76. The van der Waals surface area contributed by atoms with Gasteiger partial charge in [-0.3, -0.25) is 0 Å². The molecule has 2 heteroatoms. The van der Waals surface area contributed by atoms with Crippen LogP contribution in [0.2, 0.25) is 0 Å². The standard InChI is InChI=1S/C40H36N2/c1-31-11-9-17-37(25-19-31)41(35-13-5-3-6-14-35)39-27-21-33(22-28-39)34-23-29-40(30-24-34)42(36-15-7-4-8-16-36)38-18-10-12-32(2)20-26-38/h3-19,21-31H,20H2,1-2H3. The van der Waals surface area contributed by atoms with Gasteiger partial charge in [-0.1, -0.05) is 110 Å². The molecule has 1 unspecified atom stereocenters. The highest BCUT2D eigenvalue weighted by Gasteiger charge is 2.16. The lowest BCUT2D eigenvalue weighted by molar-refractivity contribution is 0.941. The summed E-state index contributed by atoms with van der Waals surface area (Å²) >= 11 is 0. The van der Waals surface area contributed by atoms with Crippen LogP contribution in [0.1, 0.15) is 20.3 Å². The van der Waals surface area contributed by atoms with Crippen LogP contribution in [0.4, 0.5) is 22.7 Å². The molecular formula is C40H36N2. The Morgan fingerprint density at radius 3 is 1.62 bits per heavy atom. The maximum Gasteiger partial charge on any atom is 0.0462 e. The molecule has 2 nitrogen and oxygen atoms in total. The average molecular weight is 545 g/mol. The van der Waals surface area contributed by atoms with Crippen molar-refractivity contribution in [2.75, 3.05) is 9.80 Å². The third-order valence-electron chi connectivity index (χ3n) is 7.66. The Morgan fingerprint density at radius 2 is 1.05 bits per heavy atom. The fourth-order valence-corrected chi connectivity index (χ4v) is 5.38. The first-order valence-electron chi connectivity index (χ1n) is 14.7. The predicted octanol–water partition coefficient (Wildman–Crippen LogP) is 11.1. The van der Waals surface area contributed by atoms with E-state index in [2.05, 4.69) is 188 Å². The third-order valence-corrected chi connectivity index (χ3v) is 7.66. The zero-order valence-corrected chi connectivity index (χ0v) is 24.3. The van der Waals surface area contributed by atoms with E-state index in [0.717, 1.165) is 34.9 Å². The van der Waals surface area contributed by atoms with E-state index in [9.17, 15) is 0 Å². The molecule has 0 saturated heterocycles. The Morgan fingerprint density at radius 1 is 0.524 bits per heavy atom. The molecule has 0 aromatic heterocycles. The van der Waals surface area contributed by atoms with Crippen LogP contribution in [0.5, 0.6) is 0 Å². The number of anilines is 4. The number of para-hydroxylation sites is 2. The van der Waals surface area contributed by atoms with Crippen molar-refractivity contribution >= 4 is 22.7 Å². The largest absolute Gasteiger partial charge is 0.311 e. The van der Waals surface area contributed by atoms with Crippen LogP contribution in [0.15, 0.2) is 181 Å². The van der Waals surface area contributed by atoms with Crippen LogP contribution in [0.25, 0.3) is 11.1 Å². The Kier molecular flexibility index (Phi) is 8.14. The normalized spacial score (nSPS) is 16.1. The van der Waals surface area contributed by atoms with E-state index in [1.165, 1.54) is 22.4 Å². The van der Waals surface area contributed by atoms with E-state index in [-0.39, 0.29) is 0 Å². The minimum Gasteiger partial charge on any atom is -0.311 e. The summed E-state index contributed by atoms with van der Waals surface area (Å²) in [5.41, 5.74) is 10.6. The average Bonchev–Trinajstić information content (AvgIpc) is 3.39. The topological polar surface area (TPSA) is 6.48 Å². The van der Waals surface area contributed by atoms with Gasteiger partial charge in [0, 0.05) is 34.1 Å². The molecule has 2 aliphatic rings. The Bertz CT molecular complexity index is 1680. The fourth-order valence-electron chi connectivity index (χ4n) is 5.38. The zero-order valence-electron chi connectivity index (χ0n) is 24.3. The van der Waals surface area contributed by atoms with Crippen molar-refractivity contribution in [2.24, 2.45) is 5.92 Å². The molecule has 0 amide bonds. The van der Waals surface area contributed by atoms with E-state index in [0.29, 0.717) is 5.92 Å². The summed E-state index contributed by atoms with van der Waals surface area (Å²) in [4.78, 5) is 4.64. The summed E-state index contributed by atoms with van der Waals surface area (Å²) in [6.45, 7) is 4.38. The molecular weight excluding hydrogens is 508 g/mol. The van der Waals surface area contributed by atoms with Gasteiger partial charge in [-0.25, -0.2) is 0 Å². The second-order valence-electron chi connectivity index (χ2n) is 10.8. The van der Waals surface area contributed by atoms with Gasteiger partial charge in [0.1, 0.15) is 0 Å². The second kappa shape index (κ2) is 12.6. The Labute approximate surface area is 250 Å². The lowest BCUT2D eigenvalue weighted by atomic mass is 10.0. The molecule has 0 heterocycles. The molecule has 42 heavy (non-hydrogen) atoms. The minimum atomic E-state index is 0.412. The van der Waals surface area contributed by atoms with E-state index in [4.69, 9.17) is 0 Å². The van der Waals surface area contributed by atoms with Crippen molar-refractivity contribution in [3.8, 4) is 11.1 Å². The van der Waals surface area contributed by atoms with Crippen molar-refractivity contribution in [1.82, 2.24) is 0 Å². The molecule has 4 aromatic carbocycles. The minimum absolute atomic E-state index is 0.412. The van der Waals surface area contributed by atoms with Gasteiger partial charge in [-0.2, -0.15) is 0 Å². The van der Waals surface area contributed by atoms with E-state index in [1.807, 2.05) is 0 Å². The molecule has 206 valence electrons. The molecule has 0 radical (unpaired) electrons. The van der Waals surface area contributed by atoms with Gasteiger partial charge in [0.25, 0.3) is 0 Å². The molecule has 6 rings (SSSR count). The Balaban J connectivity index is 1.30. The van der Waals surface area contributed by atoms with Crippen LogP contribution >= 0.6 is 0 Å². The number of hydrogen-bond acceptors (Lipinski definition) is 2. The van der Waals surface area contributed by atoms with E-state index in [1.54, 1.807) is 0 Å². The number of allylic oxidation sites excluding steroid dienone is 10. The number of benzene rings is 4. The van der Waals surface area contributed by atoms with Crippen LogP contribution in [0.3, 0.4) is 0 Å². The molecule has 1 atom stereocenters. The molecule has 0 spiro atoms. The van der Waals surface area contributed by atoms with Gasteiger partial charge in [0.05, 0.1) is 0 Å². The van der Waals surface area contributed by atoms with Crippen LogP contribution < -0.4 is 9.80 Å². The van der Waals surface area contributed by atoms with Crippen molar-refractivity contribution in [2.45, 2.75) is 20.3 Å². The molecule has 0 fully saturated rings. The number of rotatable bonds is 7. The predicted molar refractivity (Wildman–Crippen MR) is 180 cm³/mol. The number of nitrogens with zero attached hydrogens (tertiary/aromatic N) is 2. The summed E-state index contributed by atoms with van der Waals surface area (Å²) in [5.74, 6) is 0.412. The van der Waals surface area contributed by atoms with E-state index < -0.39 is 0 Å². The first kappa shape index (κ1) is 27.1. The van der Waals surface area contributed by atoms with Gasteiger partial charge < -0.3 is 9.80 Å². The SMILES string of the molecule is CC1=CC=CC(N(c2ccccc2)c2ccc(-c3ccc(N(C4=CC=CC(C)C=C4)c4ccccc4)cc3)cc2)=CC1. The quantitative estimate of drug-likeness (QED) is 0.228. The lowest BCUT2D eigenvalue weighted by Crippen LogP contribution is -2.15. The van der Waals surface area contributed by atoms with Crippen LogP contribution in [-0.4, -0.2) is 0 Å². The summed E-state index contributed by atoms with van der Waals surface area (Å²) in [5, 5.41) is 0. The van der Waals surface area contributed by atoms with Crippen molar-refractivity contribution in [3.63, 3.8) is 0 Å². The van der Waals surface area contributed by atoms with Gasteiger partial charge in [-0.15, -0.1) is 0 Å². The molecule has 0 N–H and O–H groups in total.